The average Bonchev–Trinajstić information content (AvgIpc) is 2.57. The van der Waals surface area contributed by atoms with Crippen molar-refractivity contribution >= 4 is 0 Å². The molecule has 0 aromatic heterocycles. The molecule has 3 heteroatoms. The number of fused-ring (bicyclic) bond motifs is 1. The van der Waals surface area contributed by atoms with Crippen molar-refractivity contribution in [1.82, 2.24) is 4.90 Å². The fraction of sp³-hybridized carbons (Fsp3) is 0.368. The Morgan fingerprint density at radius 2 is 1.68 bits per heavy atom. The van der Waals surface area contributed by atoms with E-state index in [1.54, 1.807) is 14.2 Å². The topological polar surface area (TPSA) is 21.7 Å². The summed E-state index contributed by atoms with van der Waals surface area (Å²) < 4.78 is 10.6. The van der Waals surface area contributed by atoms with E-state index in [-0.39, 0.29) is 0 Å². The molecule has 22 heavy (non-hydrogen) atoms. The molecule has 0 saturated carbocycles. The van der Waals surface area contributed by atoms with Crippen molar-refractivity contribution in [3.8, 4) is 11.5 Å². The van der Waals surface area contributed by atoms with Crippen LogP contribution in [0.25, 0.3) is 0 Å². The van der Waals surface area contributed by atoms with Crippen molar-refractivity contribution in [3.05, 3.63) is 59.2 Å². The van der Waals surface area contributed by atoms with Gasteiger partial charge in [0.1, 0.15) is 11.5 Å². The second-order valence-corrected chi connectivity index (χ2v) is 5.86. The van der Waals surface area contributed by atoms with Gasteiger partial charge in [0.15, 0.2) is 0 Å². The molecule has 0 saturated heterocycles. The van der Waals surface area contributed by atoms with Crippen LogP contribution >= 0.6 is 0 Å². The van der Waals surface area contributed by atoms with Gasteiger partial charge in [0.25, 0.3) is 0 Å². The third-order valence-electron chi connectivity index (χ3n) is 4.56. The van der Waals surface area contributed by atoms with Crippen molar-refractivity contribution in [3.63, 3.8) is 0 Å². The van der Waals surface area contributed by atoms with Gasteiger partial charge in [-0.3, -0.25) is 4.90 Å². The van der Waals surface area contributed by atoms with Crippen LogP contribution in [0.1, 0.15) is 22.7 Å². The molecule has 0 aliphatic carbocycles. The zero-order valence-corrected chi connectivity index (χ0v) is 13.5. The van der Waals surface area contributed by atoms with E-state index < -0.39 is 0 Å². The highest BCUT2D eigenvalue weighted by Crippen LogP contribution is 2.33. The van der Waals surface area contributed by atoms with E-state index in [2.05, 4.69) is 42.3 Å². The SMILES string of the molecule is COc1ccc(CC2c3ccc(OC)cc3CCN2C)cc1. The Labute approximate surface area is 132 Å². The first-order valence-corrected chi connectivity index (χ1v) is 7.71. The monoisotopic (exact) mass is 297 g/mol. The zero-order valence-electron chi connectivity index (χ0n) is 13.5. The second kappa shape index (κ2) is 6.41. The lowest BCUT2D eigenvalue weighted by molar-refractivity contribution is 0.229. The number of likely N-dealkylation sites (N-methyl/N-ethyl adjacent to an activating group) is 1. The first-order valence-electron chi connectivity index (χ1n) is 7.71. The van der Waals surface area contributed by atoms with E-state index in [9.17, 15) is 0 Å². The molecule has 0 fully saturated rings. The van der Waals surface area contributed by atoms with Crippen molar-refractivity contribution in [2.24, 2.45) is 0 Å². The summed E-state index contributed by atoms with van der Waals surface area (Å²) in [4.78, 5) is 2.44. The van der Waals surface area contributed by atoms with Crippen molar-refractivity contribution < 1.29 is 9.47 Å². The van der Waals surface area contributed by atoms with Crippen molar-refractivity contribution in [1.29, 1.82) is 0 Å². The normalized spacial score (nSPS) is 17.9. The van der Waals surface area contributed by atoms with E-state index in [4.69, 9.17) is 9.47 Å². The molecule has 1 aliphatic rings. The first-order chi connectivity index (χ1) is 10.7. The van der Waals surface area contributed by atoms with Gasteiger partial charge in [-0.2, -0.15) is 0 Å². The molecule has 0 spiro atoms. The molecule has 0 radical (unpaired) electrons. The van der Waals surface area contributed by atoms with Crippen LogP contribution in [0.4, 0.5) is 0 Å². The molecule has 2 aromatic carbocycles. The van der Waals surface area contributed by atoms with E-state index in [1.807, 2.05) is 12.1 Å². The van der Waals surface area contributed by atoms with Crippen LogP contribution in [0, 0.1) is 0 Å². The summed E-state index contributed by atoms with van der Waals surface area (Å²) in [6, 6.07) is 15.3. The Morgan fingerprint density at radius 3 is 2.36 bits per heavy atom. The lowest BCUT2D eigenvalue weighted by Crippen LogP contribution is -2.33. The number of hydrogen-bond donors (Lipinski definition) is 0. The van der Waals surface area contributed by atoms with Crippen LogP contribution in [0.3, 0.4) is 0 Å². The Balaban J connectivity index is 1.86. The van der Waals surface area contributed by atoms with E-state index in [0.717, 1.165) is 30.9 Å². The van der Waals surface area contributed by atoms with Gasteiger partial charge in [-0.15, -0.1) is 0 Å². The predicted molar refractivity (Wildman–Crippen MR) is 88.8 cm³/mol. The molecule has 116 valence electrons. The fourth-order valence-corrected chi connectivity index (χ4v) is 3.19. The van der Waals surface area contributed by atoms with Gasteiger partial charge in [0.2, 0.25) is 0 Å². The summed E-state index contributed by atoms with van der Waals surface area (Å²) in [5.74, 6) is 1.86. The van der Waals surface area contributed by atoms with Crippen molar-refractivity contribution in [2.45, 2.75) is 18.9 Å². The first kappa shape index (κ1) is 14.9. The van der Waals surface area contributed by atoms with Gasteiger partial charge in [-0.25, -0.2) is 0 Å². The predicted octanol–water partition coefficient (Wildman–Crippen LogP) is 3.48. The Bertz CT molecular complexity index is 636. The summed E-state index contributed by atoms with van der Waals surface area (Å²) in [5, 5.41) is 0. The van der Waals surface area contributed by atoms with Crippen LogP contribution in [-0.4, -0.2) is 32.7 Å². The third-order valence-corrected chi connectivity index (χ3v) is 4.56. The van der Waals surface area contributed by atoms with Crippen molar-refractivity contribution in [2.75, 3.05) is 27.8 Å². The minimum atomic E-state index is 0.419. The molecule has 2 aromatic rings. The van der Waals surface area contributed by atoms with Gasteiger partial charge in [-0.05, 0) is 60.8 Å². The average molecular weight is 297 g/mol. The summed E-state index contributed by atoms with van der Waals surface area (Å²) >= 11 is 0. The largest absolute Gasteiger partial charge is 0.497 e. The summed E-state index contributed by atoms with van der Waals surface area (Å²) in [5.41, 5.74) is 4.17. The van der Waals surface area contributed by atoms with Crippen LogP contribution in [0.5, 0.6) is 11.5 Å². The molecular weight excluding hydrogens is 274 g/mol. The summed E-state index contributed by atoms with van der Waals surface area (Å²) in [7, 11) is 5.64. The number of ether oxygens (including phenoxy) is 2. The van der Waals surface area contributed by atoms with E-state index in [1.165, 1.54) is 16.7 Å². The van der Waals surface area contributed by atoms with Gasteiger partial charge in [-0.1, -0.05) is 18.2 Å². The standard InChI is InChI=1S/C19H23NO2/c1-20-11-10-15-13-17(22-3)8-9-18(15)19(20)12-14-4-6-16(21-2)7-5-14/h4-9,13,19H,10-12H2,1-3H3. The molecule has 1 atom stereocenters. The number of methoxy groups -OCH3 is 2. The van der Waals surface area contributed by atoms with E-state index in [0.29, 0.717) is 6.04 Å². The maximum absolute atomic E-state index is 5.36. The van der Waals surface area contributed by atoms with Crippen LogP contribution in [0.2, 0.25) is 0 Å². The van der Waals surface area contributed by atoms with E-state index >= 15 is 0 Å². The molecule has 0 N–H and O–H groups in total. The zero-order chi connectivity index (χ0) is 15.5. The Kier molecular flexibility index (Phi) is 4.34. The maximum Gasteiger partial charge on any atom is 0.119 e. The van der Waals surface area contributed by atoms with Crippen LogP contribution in [-0.2, 0) is 12.8 Å². The van der Waals surface area contributed by atoms with Gasteiger partial charge >= 0.3 is 0 Å². The number of benzene rings is 2. The van der Waals surface area contributed by atoms with Crippen LogP contribution < -0.4 is 9.47 Å². The summed E-state index contributed by atoms with van der Waals surface area (Å²) in [6.07, 6.45) is 2.10. The molecule has 1 aliphatic heterocycles. The molecule has 1 unspecified atom stereocenters. The lowest BCUT2D eigenvalue weighted by Gasteiger charge is -2.35. The quantitative estimate of drug-likeness (QED) is 0.862. The minimum absolute atomic E-state index is 0.419. The number of rotatable bonds is 4. The van der Waals surface area contributed by atoms with Gasteiger partial charge in [0, 0.05) is 12.6 Å². The molecule has 0 bridgehead atoms. The van der Waals surface area contributed by atoms with Crippen LogP contribution in [0.15, 0.2) is 42.5 Å². The maximum atomic E-state index is 5.36. The molecule has 1 heterocycles. The Hall–Kier alpha value is -2.00. The Morgan fingerprint density at radius 1 is 1.00 bits per heavy atom. The third kappa shape index (κ3) is 2.95. The molecule has 3 rings (SSSR count). The molecule has 0 amide bonds. The molecular formula is C19H23NO2. The lowest BCUT2D eigenvalue weighted by atomic mass is 9.89. The second-order valence-electron chi connectivity index (χ2n) is 5.86. The summed E-state index contributed by atoms with van der Waals surface area (Å²) in [6.45, 7) is 1.08. The minimum Gasteiger partial charge on any atom is -0.497 e. The highest BCUT2D eigenvalue weighted by molar-refractivity contribution is 5.40. The fourth-order valence-electron chi connectivity index (χ4n) is 3.19. The highest BCUT2D eigenvalue weighted by atomic mass is 16.5. The molecule has 3 nitrogen and oxygen atoms in total. The number of nitrogens with zero attached hydrogens (tertiary/aromatic N) is 1. The smallest absolute Gasteiger partial charge is 0.119 e. The van der Waals surface area contributed by atoms with Gasteiger partial charge in [0.05, 0.1) is 14.2 Å². The highest BCUT2D eigenvalue weighted by Gasteiger charge is 2.25. The number of hydrogen-bond acceptors (Lipinski definition) is 3. The van der Waals surface area contributed by atoms with Gasteiger partial charge < -0.3 is 9.47 Å².